The molecule has 0 aliphatic carbocycles. The van der Waals surface area contributed by atoms with Gasteiger partial charge in [-0.3, -0.25) is 10.1 Å². The number of hydrogen-bond donors (Lipinski definition) is 0. The number of nitrogens with zero attached hydrogens (tertiary/aromatic N) is 3. The van der Waals surface area contributed by atoms with E-state index < -0.39 is 10.9 Å². The van der Waals surface area contributed by atoms with Crippen LogP contribution in [0, 0.1) is 17.0 Å². The second kappa shape index (κ2) is 7.53. The Kier molecular flexibility index (Phi) is 4.93. The summed E-state index contributed by atoms with van der Waals surface area (Å²) in [6, 6.07) is 8.57. The van der Waals surface area contributed by atoms with Crippen LogP contribution in [0.4, 0.5) is 10.7 Å². The predicted molar refractivity (Wildman–Crippen MR) is 106 cm³/mol. The molecule has 4 rings (SSSR count). The highest BCUT2D eigenvalue weighted by Gasteiger charge is 2.26. The van der Waals surface area contributed by atoms with Crippen LogP contribution in [0.2, 0.25) is 0 Å². The molecule has 9 heteroatoms. The van der Waals surface area contributed by atoms with Gasteiger partial charge in [-0.05, 0) is 31.2 Å². The molecule has 1 fully saturated rings. The number of morpholine rings is 1. The number of thiophene rings is 1. The highest BCUT2D eigenvalue weighted by atomic mass is 32.1. The number of carbonyl (C=O) groups excluding carboxylic acids is 1. The molecule has 0 unspecified atom stereocenters. The van der Waals surface area contributed by atoms with Crippen LogP contribution >= 0.6 is 11.3 Å². The Labute approximate surface area is 164 Å². The van der Waals surface area contributed by atoms with Crippen LogP contribution in [-0.2, 0) is 14.3 Å². The van der Waals surface area contributed by atoms with E-state index in [1.807, 2.05) is 12.1 Å². The largest absolute Gasteiger partial charge is 0.402 e. The molecule has 1 saturated heterocycles. The van der Waals surface area contributed by atoms with Crippen molar-refractivity contribution in [1.29, 1.82) is 0 Å². The number of esters is 1. The van der Waals surface area contributed by atoms with E-state index in [0.29, 0.717) is 24.3 Å². The minimum absolute atomic E-state index is 0.0397. The number of carbonyl (C=O) groups is 1. The third-order valence-electron chi connectivity index (χ3n) is 4.49. The summed E-state index contributed by atoms with van der Waals surface area (Å²) in [5.41, 5.74) is 1.06. The van der Waals surface area contributed by atoms with E-state index in [1.165, 1.54) is 6.07 Å². The number of aliphatic imine (C=N–C) groups is 1. The molecule has 0 N–H and O–H groups in total. The summed E-state index contributed by atoms with van der Waals surface area (Å²) in [6.07, 6.45) is 1.67. The number of rotatable bonds is 4. The zero-order valence-corrected chi connectivity index (χ0v) is 15.9. The third kappa shape index (κ3) is 3.67. The zero-order valence-electron chi connectivity index (χ0n) is 15.1. The van der Waals surface area contributed by atoms with Gasteiger partial charge in [0, 0.05) is 35.2 Å². The molecule has 2 aliphatic rings. The molecule has 0 radical (unpaired) electrons. The lowest BCUT2D eigenvalue weighted by molar-refractivity contribution is -0.385. The Morgan fingerprint density at radius 3 is 2.79 bits per heavy atom. The van der Waals surface area contributed by atoms with Gasteiger partial charge < -0.3 is 14.4 Å². The fourth-order valence-electron chi connectivity index (χ4n) is 2.98. The average molecular weight is 399 g/mol. The fourth-order valence-corrected chi connectivity index (χ4v) is 3.98. The SMILES string of the molecule is Cc1ccc(C2=N/C(=C/c3ccc(N4CCOCC4)s3)C(=O)O2)cc1[N+](=O)[O-]. The highest BCUT2D eigenvalue weighted by molar-refractivity contribution is 7.16. The number of aryl methyl sites for hydroxylation is 1. The number of anilines is 1. The molecular weight excluding hydrogens is 382 g/mol. The Morgan fingerprint density at radius 1 is 1.25 bits per heavy atom. The van der Waals surface area contributed by atoms with Gasteiger partial charge in [0.1, 0.15) is 0 Å². The number of benzene rings is 1. The molecule has 2 aliphatic heterocycles. The summed E-state index contributed by atoms with van der Waals surface area (Å²) in [7, 11) is 0. The van der Waals surface area contributed by atoms with Crippen molar-refractivity contribution in [1.82, 2.24) is 0 Å². The Morgan fingerprint density at radius 2 is 2.04 bits per heavy atom. The molecule has 1 aromatic carbocycles. The first-order valence-electron chi connectivity index (χ1n) is 8.72. The molecular formula is C19H17N3O5S. The van der Waals surface area contributed by atoms with Gasteiger partial charge in [-0.1, -0.05) is 6.07 Å². The van der Waals surface area contributed by atoms with E-state index in [4.69, 9.17) is 9.47 Å². The van der Waals surface area contributed by atoms with Crippen LogP contribution in [0.3, 0.4) is 0 Å². The predicted octanol–water partition coefficient (Wildman–Crippen LogP) is 3.15. The number of nitro benzene ring substituents is 1. The summed E-state index contributed by atoms with van der Waals surface area (Å²) in [5, 5.41) is 12.2. The summed E-state index contributed by atoms with van der Waals surface area (Å²) < 4.78 is 10.6. The van der Waals surface area contributed by atoms with Gasteiger partial charge in [0.05, 0.1) is 23.1 Å². The van der Waals surface area contributed by atoms with Crippen molar-refractivity contribution in [2.75, 3.05) is 31.2 Å². The van der Waals surface area contributed by atoms with Crippen LogP contribution in [0.1, 0.15) is 16.0 Å². The number of ether oxygens (including phenoxy) is 2. The van der Waals surface area contributed by atoms with Crippen LogP contribution in [0.15, 0.2) is 41.0 Å². The first kappa shape index (κ1) is 18.3. The number of nitro groups is 1. The van der Waals surface area contributed by atoms with Gasteiger partial charge in [0.25, 0.3) is 5.69 Å². The van der Waals surface area contributed by atoms with Crippen molar-refractivity contribution >= 4 is 40.0 Å². The van der Waals surface area contributed by atoms with E-state index in [1.54, 1.807) is 36.5 Å². The Balaban J connectivity index is 1.58. The summed E-state index contributed by atoms with van der Waals surface area (Å²) >= 11 is 1.56. The van der Waals surface area contributed by atoms with Gasteiger partial charge in [0.15, 0.2) is 5.70 Å². The molecule has 3 heterocycles. The Bertz CT molecular complexity index is 1000. The van der Waals surface area contributed by atoms with Crippen LogP contribution < -0.4 is 4.90 Å². The van der Waals surface area contributed by atoms with Gasteiger partial charge in [-0.25, -0.2) is 9.79 Å². The standard InChI is InChI=1S/C19H17N3O5S/c1-12-2-3-13(10-16(12)22(24)25)18-20-15(19(23)27-18)11-14-4-5-17(28-14)21-6-8-26-9-7-21/h2-5,10-11H,6-9H2,1H3/b15-11+. The monoisotopic (exact) mass is 399 g/mol. The summed E-state index contributed by atoms with van der Waals surface area (Å²) in [5.74, 6) is -0.496. The van der Waals surface area contributed by atoms with Crippen LogP contribution in [0.5, 0.6) is 0 Å². The van der Waals surface area contributed by atoms with E-state index in [9.17, 15) is 14.9 Å². The highest BCUT2D eigenvalue weighted by Crippen LogP contribution is 2.30. The molecule has 0 bridgehead atoms. The molecule has 2 aromatic rings. The summed E-state index contributed by atoms with van der Waals surface area (Å²) in [4.78, 5) is 30.2. The zero-order chi connectivity index (χ0) is 19.7. The van der Waals surface area contributed by atoms with Crippen LogP contribution in [0.25, 0.3) is 6.08 Å². The molecule has 0 atom stereocenters. The maximum atomic E-state index is 12.2. The second-order valence-electron chi connectivity index (χ2n) is 6.37. The lowest BCUT2D eigenvalue weighted by Crippen LogP contribution is -2.35. The minimum Gasteiger partial charge on any atom is -0.402 e. The van der Waals surface area contributed by atoms with Crippen molar-refractivity contribution in [3.63, 3.8) is 0 Å². The van der Waals surface area contributed by atoms with Crippen LogP contribution in [-0.4, -0.2) is 43.1 Å². The summed E-state index contributed by atoms with van der Waals surface area (Å²) in [6.45, 7) is 4.74. The molecule has 0 spiro atoms. The molecule has 8 nitrogen and oxygen atoms in total. The molecule has 1 aromatic heterocycles. The number of hydrogen-bond acceptors (Lipinski definition) is 8. The lowest BCUT2D eigenvalue weighted by atomic mass is 10.1. The third-order valence-corrected chi connectivity index (χ3v) is 5.58. The minimum atomic E-state index is -0.570. The van der Waals surface area contributed by atoms with Crippen molar-refractivity contribution in [2.45, 2.75) is 6.92 Å². The normalized spacial score (nSPS) is 18.3. The first-order valence-corrected chi connectivity index (χ1v) is 9.53. The van der Waals surface area contributed by atoms with Crippen molar-refractivity contribution in [3.8, 4) is 0 Å². The maximum absolute atomic E-state index is 12.2. The second-order valence-corrected chi connectivity index (χ2v) is 7.46. The van der Waals surface area contributed by atoms with Gasteiger partial charge in [-0.2, -0.15) is 0 Å². The molecule has 0 amide bonds. The fraction of sp³-hybridized carbons (Fsp3) is 0.263. The first-order chi connectivity index (χ1) is 13.5. The number of cyclic esters (lactones) is 1. The maximum Gasteiger partial charge on any atom is 0.363 e. The van der Waals surface area contributed by atoms with Gasteiger partial charge >= 0.3 is 5.97 Å². The van der Waals surface area contributed by atoms with Gasteiger partial charge in [-0.15, -0.1) is 11.3 Å². The molecule has 28 heavy (non-hydrogen) atoms. The lowest BCUT2D eigenvalue weighted by Gasteiger charge is -2.27. The van der Waals surface area contributed by atoms with E-state index in [-0.39, 0.29) is 17.3 Å². The van der Waals surface area contributed by atoms with E-state index in [2.05, 4.69) is 9.89 Å². The van der Waals surface area contributed by atoms with Crippen molar-refractivity contribution in [3.05, 3.63) is 62.1 Å². The van der Waals surface area contributed by atoms with E-state index in [0.717, 1.165) is 23.0 Å². The van der Waals surface area contributed by atoms with Crippen molar-refractivity contribution < 1.29 is 19.2 Å². The molecule has 144 valence electrons. The van der Waals surface area contributed by atoms with E-state index >= 15 is 0 Å². The van der Waals surface area contributed by atoms with Crippen molar-refractivity contribution in [2.24, 2.45) is 4.99 Å². The van der Waals surface area contributed by atoms with Gasteiger partial charge in [0.2, 0.25) is 5.90 Å². The average Bonchev–Trinajstić information content (AvgIpc) is 3.30. The Hall–Kier alpha value is -3.04. The quantitative estimate of drug-likeness (QED) is 0.339. The topological polar surface area (TPSA) is 94.3 Å². The smallest absolute Gasteiger partial charge is 0.363 e. The molecule has 0 saturated carbocycles.